The van der Waals surface area contributed by atoms with Crippen LogP contribution in [0.5, 0.6) is 5.75 Å². The number of halogens is 1. The van der Waals surface area contributed by atoms with Gasteiger partial charge in [-0.15, -0.1) is 0 Å². The van der Waals surface area contributed by atoms with Crippen LogP contribution < -0.4 is 4.74 Å². The Balaban J connectivity index is 1.67. The second kappa shape index (κ2) is 7.27. The largest absolute Gasteiger partial charge is 0.492 e. The normalized spacial score (nSPS) is 20.1. The van der Waals surface area contributed by atoms with E-state index in [-0.39, 0.29) is 0 Å². The molecule has 19 heavy (non-hydrogen) atoms. The molecule has 0 saturated carbocycles. The molecule has 0 amide bonds. The number of nitrogens with zero attached hydrogens (tertiary/aromatic N) is 2. The summed E-state index contributed by atoms with van der Waals surface area (Å²) in [4.78, 5) is 4.83. The molecule has 1 aromatic rings. The number of benzene rings is 1. The van der Waals surface area contributed by atoms with Crippen LogP contribution in [0.25, 0.3) is 0 Å². The Kier molecular flexibility index (Phi) is 5.67. The third-order valence-corrected chi connectivity index (χ3v) is 4.23. The smallest absolute Gasteiger partial charge is 0.120 e. The molecule has 0 aliphatic carbocycles. The Morgan fingerprint density at radius 3 is 3.00 bits per heavy atom. The highest BCUT2D eigenvalue weighted by Crippen LogP contribution is 2.18. The molecule has 0 N–H and O–H groups in total. The van der Waals surface area contributed by atoms with Gasteiger partial charge < -0.3 is 14.5 Å². The summed E-state index contributed by atoms with van der Waals surface area (Å²) in [7, 11) is 4.40. The van der Waals surface area contributed by atoms with Crippen LogP contribution in [0.1, 0.15) is 12.8 Å². The summed E-state index contributed by atoms with van der Waals surface area (Å²) in [6.45, 7) is 4.09. The van der Waals surface area contributed by atoms with Gasteiger partial charge in [-0.05, 0) is 51.7 Å². The van der Waals surface area contributed by atoms with E-state index < -0.39 is 0 Å². The predicted octanol–water partition coefficient (Wildman–Crippen LogP) is 2.85. The monoisotopic (exact) mass is 326 g/mol. The van der Waals surface area contributed by atoms with Gasteiger partial charge >= 0.3 is 0 Å². The number of likely N-dealkylation sites (N-methyl/N-ethyl adjacent to an activating group) is 2. The van der Waals surface area contributed by atoms with Crippen LogP contribution in [0.3, 0.4) is 0 Å². The summed E-state index contributed by atoms with van der Waals surface area (Å²) in [5.74, 6) is 0.931. The first-order chi connectivity index (χ1) is 9.15. The van der Waals surface area contributed by atoms with Crippen LogP contribution >= 0.6 is 15.9 Å². The highest BCUT2D eigenvalue weighted by molar-refractivity contribution is 9.10. The third kappa shape index (κ3) is 4.79. The van der Waals surface area contributed by atoms with Gasteiger partial charge in [0.25, 0.3) is 0 Å². The predicted molar refractivity (Wildman–Crippen MR) is 82.8 cm³/mol. The maximum absolute atomic E-state index is 5.76. The first-order valence-electron chi connectivity index (χ1n) is 6.92. The van der Waals surface area contributed by atoms with Gasteiger partial charge in [0.15, 0.2) is 0 Å². The molecular formula is C15H23BrN2O. The minimum absolute atomic E-state index is 0.718. The van der Waals surface area contributed by atoms with Crippen molar-refractivity contribution in [3.8, 4) is 5.75 Å². The molecule has 1 heterocycles. The summed E-state index contributed by atoms with van der Waals surface area (Å²) in [5.41, 5.74) is 0. The molecule has 0 radical (unpaired) electrons. The zero-order chi connectivity index (χ0) is 13.7. The Morgan fingerprint density at radius 1 is 1.47 bits per heavy atom. The Morgan fingerprint density at radius 2 is 2.32 bits per heavy atom. The van der Waals surface area contributed by atoms with Gasteiger partial charge in [0.2, 0.25) is 0 Å². The van der Waals surface area contributed by atoms with Crippen molar-refractivity contribution < 1.29 is 4.74 Å². The molecule has 0 bridgehead atoms. The Labute approximate surface area is 124 Å². The van der Waals surface area contributed by atoms with Crippen LogP contribution in [0.4, 0.5) is 0 Å². The van der Waals surface area contributed by atoms with Crippen LogP contribution in [-0.4, -0.2) is 56.2 Å². The number of rotatable bonds is 6. The van der Waals surface area contributed by atoms with Gasteiger partial charge in [-0.1, -0.05) is 22.0 Å². The molecule has 1 saturated heterocycles. The summed E-state index contributed by atoms with van der Waals surface area (Å²) >= 11 is 3.45. The lowest BCUT2D eigenvalue weighted by molar-refractivity contribution is 0.190. The maximum Gasteiger partial charge on any atom is 0.120 e. The second-order valence-electron chi connectivity index (χ2n) is 5.34. The van der Waals surface area contributed by atoms with Crippen LogP contribution in [0, 0.1) is 0 Å². The number of hydrogen-bond donors (Lipinski definition) is 0. The second-order valence-corrected chi connectivity index (χ2v) is 6.26. The number of likely N-dealkylation sites (tertiary alicyclic amines) is 1. The van der Waals surface area contributed by atoms with Gasteiger partial charge in [0.1, 0.15) is 12.4 Å². The molecule has 3 nitrogen and oxygen atoms in total. The molecule has 0 aromatic heterocycles. The minimum atomic E-state index is 0.718. The van der Waals surface area contributed by atoms with E-state index in [9.17, 15) is 0 Å². The van der Waals surface area contributed by atoms with Crippen molar-refractivity contribution in [1.29, 1.82) is 0 Å². The van der Waals surface area contributed by atoms with Crippen LogP contribution in [0.2, 0.25) is 0 Å². The maximum atomic E-state index is 5.76. The van der Waals surface area contributed by atoms with Crippen molar-refractivity contribution in [3.63, 3.8) is 0 Å². The van der Waals surface area contributed by atoms with Gasteiger partial charge in [-0.25, -0.2) is 0 Å². The molecule has 1 atom stereocenters. The quantitative estimate of drug-likeness (QED) is 0.799. The van der Waals surface area contributed by atoms with Crippen LogP contribution in [-0.2, 0) is 0 Å². The molecule has 106 valence electrons. The molecular weight excluding hydrogens is 304 g/mol. The lowest BCUT2D eigenvalue weighted by Crippen LogP contribution is -2.38. The van der Waals surface area contributed by atoms with Crippen molar-refractivity contribution in [2.45, 2.75) is 18.9 Å². The molecule has 2 rings (SSSR count). The highest BCUT2D eigenvalue weighted by atomic mass is 79.9. The van der Waals surface area contributed by atoms with Crippen molar-refractivity contribution in [1.82, 2.24) is 9.80 Å². The van der Waals surface area contributed by atoms with E-state index in [1.807, 2.05) is 24.3 Å². The molecule has 4 heteroatoms. The lowest BCUT2D eigenvalue weighted by atomic mass is 10.2. The standard InChI is InChI=1S/C15H23BrN2O/c1-17(12-14-6-4-8-18(14)2)9-10-19-15-7-3-5-13(16)11-15/h3,5,7,11,14H,4,6,8-10,12H2,1-2H3. The first-order valence-corrected chi connectivity index (χ1v) is 7.71. The molecule has 1 fully saturated rings. The molecule has 1 aliphatic heterocycles. The minimum Gasteiger partial charge on any atom is -0.492 e. The fraction of sp³-hybridized carbons (Fsp3) is 0.600. The fourth-order valence-electron chi connectivity index (χ4n) is 2.54. The fourth-order valence-corrected chi connectivity index (χ4v) is 2.92. The molecule has 1 unspecified atom stereocenters. The van der Waals surface area contributed by atoms with Gasteiger partial charge in [0, 0.05) is 23.6 Å². The molecule has 1 aliphatic rings. The summed E-state index contributed by atoms with van der Waals surface area (Å²) in [6.07, 6.45) is 2.66. The lowest BCUT2D eigenvalue weighted by Gasteiger charge is -2.25. The van der Waals surface area contributed by atoms with E-state index in [0.717, 1.165) is 36.0 Å². The number of hydrogen-bond acceptors (Lipinski definition) is 3. The average Bonchev–Trinajstić information content (AvgIpc) is 2.75. The summed E-state index contributed by atoms with van der Waals surface area (Å²) in [6, 6.07) is 8.72. The zero-order valence-electron chi connectivity index (χ0n) is 11.8. The number of ether oxygens (including phenoxy) is 1. The Hall–Kier alpha value is -0.580. The van der Waals surface area contributed by atoms with Gasteiger partial charge in [-0.3, -0.25) is 0 Å². The zero-order valence-corrected chi connectivity index (χ0v) is 13.4. The third-order valence-electron chi connectivity index (χ3n) is 3.73. The van der Waals surface area contributed by atoms with E-state index >= 15 is 0 Å². The van der Waals surface area contributed by atoms with E-state index in [0.29, 0.717) is 0 Å². The van der Waals surface area contributed by atoms with Crippen molar-refractivity contribution in [2.24, 2.45) is 0 Å². The Bertz CT molecular complexity index is 399. The van der Waals surface area contributed by atoms with Crippen molar-refractivity contribution in [2.75, 3.05) is 40.3 Å². The van der Waals surface area contributed by atoms with E-state index in [1.54, 1.807) is 0 Å². The molecule has 0 spiro atoms. The SMILES string of the molecule is CN(CCOc1cccc(Br)c1)CC1CCCN1C. The van der Waals surface area contributed by atoms with Crippen molar-refractivity contribution >= 4 is 15.9 Å². The topological polar surface area (TPSA) is 15.7 Å². The highest BCUT2D eigenvalue weighted by Gasteiger charge is 2.21. The van der Waals surface area contributed by atoms with E-state index in [2.05, 4.69) is 39.8 Å². The summed E-state index contributed by atoms with van der Waals surface area (Å²) < 4.78 is 6.82. The van der Waals surface area contributed by atoms with Gasteiger partial charge in [0.05, 0.1) is 0 Å². The van der Waals surface area contributed by atoms with E-state index in [1.165, 1.54) is 19.4 Å². The summed E-state index contributed by atoms with van der Waals surface area (Å²) in [5, 5.41) is 0. The first kappa shape index (κ1) is 14.8. The average molecular weight is 327 g/mol. The van der Waals surface area contributed by atoms with Crippen LogP contribution in [0.15, 0.2) is 28.7 Å². The van der Waals surface area contributed by atoms with Crippen molar-refractivity contribution in [3.05, 3.63) is 28.7 Å². The van der Waals surface area contributed by atoms with Gasteiger partial charge in [-0.2, -0.15) is 0 Å². The molecule has 1 aromatic carbocycles. The van der Waals surface area contributed by atoms with E-state index in [4.69, 9.17) is 4.74 Å².